The summed E-state index contributed by atoms with van der Waals surface area (Å²) in [5, 5.41) is 9.65. The van der Waals surface area contributed by atoms with Crippen molar-refractivity contribution in [1.82, 2.24) is 16.0 Å². The highest BCUT2D eigenvalue weighted by atomic mass is 16.3. The summed E-state index contributed by atoms with van der Waals surface area (Å²) in [7, 11) is 1.77. The largest absolute Gasteiger partial charge is 0.459 e. The Labute approximate surface area is 173 Å². The maximum Gasteiger partial charge on any atom is 0.287 e. The Morgan fingerprint density at radius 3 is 2.62 bits per heavy atom. The molecule has 1 aliphatic carbocycles. The van der Waals surface area contributed by atoms with E-state index in [2.05, 4.69) is 46.1 Å². The number of carbonyl (C=O) groups is 1. The fourth-order valence-corrected chi connectivity index (χ4v) is 3.69. The number of furan rings is 1. The zero-order chi connectivity index (χ0) is 20.6. The average Bonchev–Trinajstić information content (AvgIpc) is 3.18. The highest BCUT2D eigenvalue weighted by Crippen LogP contribution is 2.24. The van der Waals surface area contributed by atoms with Crippen LogP contribution in [0.3, 0.4) is 0 Å². The van der Waals surface area contributed by atoms with Crippen molar-refractivity contribution in [2.75, 3.05) is 20.1 Å². The van der Waals surface area contributed by atoms with Gasteiger partial charge in [0.25, 0.3) is 5.91 Å². The van der Waals surface area contributed by atoms with Crippen LogP contribution in [0, 0.1) is 6.92 Å². The van der Waals surface area contributed by atoms with Gasteiger partial charge in [0.1, 0.15) is 0 Å². The monoisotopic (exact) mass is 396 g/mol. The van der Waals surface area contributed by atoms with Gasteiger partial charge >= 0.3 is 0 Å². The minimum absolute atomic E-state index is 0.170. The molecule has 1 aromatic carbocycles. The van der Waals surface area contributed by atoms with E-state index < -0.39 is 0 Å². The van der Waals surface area contributed by atoms with Gasteiger partial charge in [0.05, 0.1) is 12.3 Å². The molecule has 2 aromatic rings. The fourth-order valence-electron chi connectivity index (χ4n) is 3.69. The van der Waals surface area contributed by atoms with Gasteiger partial charge in [0, 0.05) is 25.7 Å². The number of aliphatic imine (C=N–C) groups is 1. The van der Waals surface area contributed by atoms with Gasteiger partial charge in [-0.3, -0.25) is 9.79 Å². The lowest BCUT2D eigenvalue weighted by Crippen LogP contribution is -2.40. The van der Waals surface area contributed by atoms with E-state index in [-0.39, 0.29) is 11.9 Å². The quantitative estimate of drug-likeness (QED) is 0.380. The van der Waals surface area contributed by atoms with E-state index in [9.17, 15) is 4.79 Å². The summed E-state index contributed by atoms with van der Waals surface area (Å²) in [6, 6.07) is 8.81. The van der Waals surface area contributed by atoms with E-state index in [0.717, 1.165) is 17.9 Å². The lowest BCUT2D eigenvalue weighted by molar-refractivity contribution is 0.0925. The molecule has 0 aliphatic heterocycles. The summed E-state index contributed by atoms with van der Waals surface area (Å²) < 4.78 is 5.20. The molecule has 0 bridgehead atoms. The molecule has 0 saturated heterocycles. The number of amides is 1. The highest BCUT2D eigenvalue weighted by Gasteiger charge is 2.14. The molecule has 29 heavy (non-hydrogen) atoms. The van der Waals surface area contributed by atoms with Gasteiger partial charge in [-0.1, -0.05) is 18.2 Å². The maximum absolute atomic E-state index is 12.0. The van der Waals surface area contributed by atoms with Crippen molar-refractivity contribution in [3.8, 4) is 0 Å². The lowest BCUT2D eigenvalue weighted by atomic mass is 9.89. The van der Waals surface area contributed by atoms with Gasteiger partial charge in [-0.2, -0.15) is 0 Å². The third-order valence-electron chi connectivity index (χ3n) is 5.45. The van der Waals surface area contributed by atoms with Crippen LogP contribution in [0.25, 0.3) is 0 Å². The number of aryl methyl sites for hydroxylation is 3. The summed E-state index contributed by atoms with van der Waals surface area (Å²) in [6.07, 6.45) is 7.31. The normalized spacial score (nSPS) is 14.8. The van der Waals surface area contributed by atoms with Crippen LogP contribution in [0.2, 0.25) is 0 Å². The van der Waals surface area contributed by atoms with Crippen molar-refractivity contribution in [1.29, 1.82) is 0 Å². The minimum Gasteiger partial charge on any atom is -0.459 e. The van der Waals surface area contributed by atoms with Crippen LogP contribution in [-0.4, -0.2) is 32.0 Å². The number of rotatable bonds is 7. The summed E-state index contributed by atoms with van der Waals surface area (Å²) in [5.41, 5.74) is 5.13. The SMILES string of the molecule is CN=C(NCCCNC(=O)c1occc1C)NC(C)c1ccc2c(c1)CCCC2. The van der Waals surface area contributed by atoms with Crippen LogP contribution >= 0.6 is 0 Å². The summed E-state index contributed by atoms with van der Waals surface area (Å²) in [4.78, 5) is 16.3. The van der Waals surface area contributed by atoms with Crippen molar-refractivity contribution in [3.63, 3.8) is 0 Å². The maximum atomic E-state index is 12.0. The third kappa shape index (κ3) is 5.62. The van der Waals surface area contributed by atoms with E-state index in [1.165, 1.54) is 48.6 Å². The smallest absolute Gasteiger partial charge is 0.287 e. The summed E-state index contributed by atoms with van der Waals surface area (Å²) >= 11 is 0. The Bertz CT molecular complexity index is 856. The minimum atomic E-state index is -0.170. The van der Waals surface area contributed by atoms with E-state index in [1.54, 1.807) is 13.1 Å². The number of fused-ring (bicyclic) bond motifs is 1. The summed E-state index contributed by atoms with van der Waals surface area (Å²) in [6.45, 7) is 5.31. The van der Waals surface area contributed by atoms with Crippen LogP contribution in [-0.2, 0) is 12.8 Å². The molecule has 156 valence electrons. The van der Waals surface area contributed by atoms with Crippen molar-refractivity contribution < 1.29 is 9.21 Å². The standard InChI is InChI=1S/C23H32N4O2/c1-16-11-14-29-21(16)22(28)25-12-6-13-26-23(24-3)27-17(2)19-10-9-18-7-4-5-8-20(18)15-19/h9-11,14-15,17H,4-8,12-13H2,1-3H3,(H,25,28)(H2,24,26,27). The number of nitrogens with one attached hydrogen (secondary N) is 3. The number of nitrogens with zero attached hydrogens (tertiary/aromatic N) is 1. The van der Waals surface area contributed by atoms with Gasteiger partial charge in [0.2, 0.25) is 0 Å². The molecular weight excluding hydrogens is 364 g/mol. The lowest BCUT2D eigenvalue weighted by Gasteiger charge is -2.21. The molecule has 1 amide bonds. The van der Waals surface area contributed by atoms with Crippen LogP contribution in [0.5, 0.6) is 0 Å². The fraction of sp³-hybridized carbons (Fsp3) is 0.478. The van der Waals surface area contributed by atoms with Crippen LogP contribution in [0.1, 0.15) is 65.0 Å². The Hall–Kier alpha value is -2.76. The Kier molecular flexibility index (Phi) is 7.33. The first-order valence-corrected chi connectivity index (χ1v) is 10.5. The van der Waals surface area contributed by atoms with Gasteiger partial charge in [-0.05, 0) is 68.7 Å². The van der Waals surface area contributed by atoms with Crippen LogP contribution < -0.4 is 16.0 Å². The predicted octanol–water partition coefficient (Wildman–Crippen LogP) is 3.51. The van der Waals surface area contributed by atoms with Crippen molar-refractivity contribution in [2.45, 2.75) is 52.0 Å². The number of hydrogen-bond acceptors (Lipinski definition) is 3. The zero-order valence-corrected chi connectivity index (χ0v) is 17.7. The molecule has 0 fully saturated rings. The first-order valence-electron chi connectivity index (χ1n) is 10.5. The van der Waals surface area contributed by atoms with Crippen LogP contribution in [0.15, 0.2) is 39.9 Å². The predicted molar refractivity (Wildman–Crippen MR) is 116 cm³/mol. The average molecular weight is 397 g/mol. The topological polar surface area (TPSA) is 78.7 Å². The van der Waals surface area contributed by atoms with Gasteiger partial charge in [-0.25, -0.2) is 0 Å². The Balaban J connectivity index is 1.41. The van der Waals surface area contributed by atoms with Gasteiger partial charge in [0.15, 0.2) is 11.7 Å². The van der Waals surface area contributed by atoms with Crippen molar-refractivity contribution in [2.24, 2.45) is 4.99 Å². The molecule has 0 radical (unpaired) electrons. The first kappa shape index (κ1) is 21.0. The van der Waals surface area contributed by atoms with E-state index in [0.29, 0.717) is 18.8 Å². The molecule has 3 N–H and O–H groups in total. The van der Waals surface area contributed by atoms with Crippen molar-refractivity contribution in [3.05, 3.63) is 58.5 Å². The first-order chi connectivity index (χ1) is 14.1. The molecule has 1 aromatic heterocycles. The molecule has 3 rings (SSSR count). The molecule has 6 nitrogen and oxygen atoms in total. The molecular formula is C23H32N4O2. The molecule has 6 heteroatoms. The van der Waals surface area contributed by atoms with E-state index >= 15 is 0 Å². The van der Waals surface area contributed by atoms with Crippen molar-refractivity contribution >= 4 is 11.9 Å². The molecule has 1 atom stereocenters. The number of guanidine groups is 1. The summed E-state index contributed by atoms with van der Waals surface area (Å²) in [5.74, 6) is 0.980. The van der Waals surface area contributed by atoms with Crippen LogP contribution in [0.4, 0.5) is 0 Å². The van der Waals surface area contributed by atoms with E-state index in [4.69, 9.17) is 4.42 Å². The second-order valence-corrected chi connectivity index (χ2v) is 7.64. The number of benzene rings is 1. The molecule has 1 aliphatic rings. The van der Waals surface area contributed by atoms with E-state index in [1.807, 2.05) is 6.92 Å². The second-order valence-electron chi connectivity index (χ2n) is 7.64. The zero-order valence-electron chi connectivity index (χ0n) is 17.7. The molecule has 0 saturated carbocycles. The highest BCUT2D eigenvalue weighted by molar-refractivity contribution is 5.92. The Morgan fingerprint density at radius 2 is 1.90 bits per heavy atom. The number of carbonyl (C=O) groups excluding carboxylic acids is 1. The van der Waals surface area contributed by atoms with Gasteiger partial charge in [-0.15, -0.1) is 0 Å². The number of hydrogen-bond donors (Lipinski definition) is 3. The third-order valence-corrected chi connectivity index (χ3v) is 5.45. The molecule has 1 heterocycles. The molecule has 0 spiro atoms. The Morgan fingerprint density at radius 1 is 1.14 bits per heavy atom. The second kappa shape index (κ2) is 10.1. The molecule has 1 unspecified atom stereocenters. The van der Waals surface area contributed by atoms with Gasteiger partial charge < -0.3 is 20.4 Å².